The van der Waals surface area contributed by atoms with Gasteiger partial charge in [0.2, 0.25) is 0 Å². The van der Waals surface area contributed by atoms with Crippen molar-refractivity contribution in [1.82, 2.24) is 9.55 Å². The summed E-state index contributed by atoms with van der Waals surface area (Å²) in [5, 5.41) is 0.707. The van der Waals surface area contributed by atoms with Gasteiger partial charge in [-0.25, -0.2) is 9.59 Å². The molecule has 0 aliphatic rings. The van der Waals surface area contributed by atoms with Gasteiger partial charge in [-0.1, -0.05) is 13.3 Å². The van der Waals surface area contributed by atoms with E-state index in [4.69, 9.17) is 14.9 Å². The number of fused-ring (bicyclic) bond motifs is 1. The van der Waals surface area contributed by atoms with Crippen molar-refractivity contribution in [3.63, 3.8) is 0 Å². The lowest BCUT2D eigenvalue weighted by molar-refractivity contribution is -0.120. The third kappa shape index (κ3) is 4.27. The van der Waals surface area contributed by atoms with Crippen molar-refractivity contribution in [2.45, 2.75) is 26.3 Å². The summed E-state index contributed by atoms with van der Waals surface area (Å²) in [6, 6.07) is 7.74. The second kappa shape index (κ2) is 8.68. The zero-order valence-corrected chi connectivity index (χ0v) is 16.6. The minimum atomic E-state index is -0.756. The number of aromatic nitrogens is 2. The average molecular weight is 414 g/mol. The smallest absolute Gasteiger partial charge is 0.336 e. The molecule has 0 fully saturated rings. The molecule has 0 atom stereocenters. The van der Waals surface area contributed by atoms with Gasteiger partial charge in [0.05, 0.1) is 0 Å². The van der Waals surface area contributed by atoms with Crippen LogP contribution in [0.4, 0.5) is 11.5 Å². The second-order valence-corrected chi connectivity index (χ2v) is 6.69. The molecule has 1 amide bonds. The molecule has 3 N–H and O–H groups in total. The Bertz CT molecular complexity index is 1260. The quantitative estimate of drug-likeness (QED) is 0.551. The minimum Gasteiger partial charge on any atom is -0.484 e. The van der Waals surface area contributed by atoms with Gasteiger partial charge in [0.25, 0.3) is 11.5 Å². The summed E-state index contributed by atoms with van der Waals surface area (Å²) in [6.45, 7) is 1.89. The van der Waals surface area contributed by atoms with Gasteiger partial charge >= 0.3 is 11.3 Å². The number of likely N-dealkylation sites (N-methyl/N-ethyl adjacent to an activating group) is 1. The number of hydrogen-bond acceptors (Lipinski definition) is 7. The summed E-state index contributed by atoms with van der Waals surface area (Å²) in [5.41, 5.74) is 4.34. The molecule has 158 valence electrons. The zero-order valence-electron chi connectivity index (χ0n) is 16.6. The van der Waals surface area contributed by atoms with Gasteiger partial charge in [0, 0.05) is 31.1 Å². The Morgan fingerprint density at radius 2 is 1.97 bits per heavy atom. The second-order valence-electron chi connectivity index (χ2n) is 6.69. The van der Waals surface area contributed by atoms with Gasteiger partial charge in [-0.05, 0) is 24.6 Å². The maximum atomic E-state index is 12.6. The number of amides is 1. The lowest BCUT2D eigenvalue weighted by Crippen LogP contribution is -2.40. The van der Waals surface area contributed by atoms with Crippen LogP contribution >= 0.6 is 0 Å². The van der Waals surface area contributed by atoms with Crippen LogP contribution in [0.5, 0.6) is 5.75 Å². The van der Waals surface area contributed by atoms with Crippen molar-refractivity contribution in [1.29, 1.82) is 0 Å². The van der Waals surface area contributed by atoms with Gasteiger partial charge in [0.15, 0.2) is 12.3 Å². The van der Waals surface area contributed by atoms with Crippen LogP contribution in [0.15, 0.2) is 49.1 Å². The van der Waals surface area contributed by atoms with Crippen molar-refractivity contribution in [3.8, 4) is 5.75 Å². The Balaban J connectivity index is 1.80. The molecule has 0 radical (unpaired) electrons. The Morgan fingerprint density at radius 1 is 1.23 bits per heavy atom. The summed E-state index contributed by atoms with van der Waals surface area (Å²) in [4.78, 5) is 51.5. The number of anilines is 2. The largest absolute Gasteiger partial charge is 0.484 e. The predicted molar refractivity (Wildman–Crippen MR) is 112 cm³/mol. The van der Waals surface area contributed by atoms with Crippen LogP contribution in [0.1, 0.15) is 19.8 Å². The normalized spacial score (nSPS) is 10.9. The van der Waals surface area contributed by atoms with Crippen molar-refractivity contribution >= 4 is 28.4 Å². The van der Waals surface area contributed by atoms with Crippen molar-refractivity contribution < 1.29 is 13.9 Å². The van der Waals surface area contributed by atoms with E-state index in [9.17, 15) is 19.2 Å². The first kappa shape index (κ1) is 20.9. The molecular formula is C20H22N4O6. The molecule has 10 heteroatoms. The highest BCUT2D eigenvalue weighted by Gasteiger charge is 2.21. The van der Waals surface area contributed by atoms with E-state index in [1.807, 2.05) is 6.92 Å². The maximum Gasteiger partial charge on any atom is 0.336 e. The van der Waals surface area contributed by atoms with Gasteiger partial charge < -0.3 is 19.8 Å². The Hall–Kier alpha value is -3.82. The lowest BCUT2D eigenvalue weighted by Gasteiger charge is -2.20. The van der Waals surface area contributed by atoms with Crippen LogP contribution < -0.4 is 32.2 Å². The summed E-state index contributed by atoms with van der Waals surface area (Å²) in [6.07, 6.45) is 1.52. The molecular weight excluding hydrogens is 392 g/mol. The Kier molecular flexibility index (Phi) is 6.05. The molecule has 2 aromatic heterocycles. The van der Waals surface area contributed by atoms with E-state index >= 15 is 0 Å². The molecule has 0 saturated heterocycles. The SMILES string of the molecule is CCCCn1c(N)c(N(C)C(=O)COc2ccc3ccc(=O)oc3c2)c(=O)[nH]c1=O. The number of benzene rings is 1. The monoisotopic (exact) mass is 414 g/mol. The first-order chi connectivity index (χ1) is 14.3. The number of carbonyl (C=O) groups excluding carboxylic acids is 1. The molecule has 2 heterocycles. The van der Waals surface area contributed by atoms with Crippen molar-refractivity contribution in [3.05, 3.63) is 61.6 Å². The molecule has 0 bridgehead atoms. The number of carbonyl (C=O) groups is 1. The predicted octanol–water partition coefficient (Wildman–Crippen LogP) is 1.07. The van der Waals surface area contributed by atoms with Crippen LogP contribution in [-0.4, -0.2) is 29.1 Å². The molecule has 0 spiro atoms. The molecule has 0 saturated carbocycles. The minimum absolute atomic E-state index is 0.0828. The molecule has 1 aromatic carbocycles. The number of nitrogens with two attached hydrogens (primary N) is 1. The zero-order chi connectivity index (χ0) is 21.8. The lowest BCUT2D eigenvalue weighted by atomic mass is 10.2. The van der Waals surface area contributed by atoms with Crippen LogP contribution in [0.2, 0.25) is 0 Å². The number of rotatable bonds is 7. The third-order valence-corrected chi connectivity index (χ3v) is 4.62. The first-order valence-corrected chi connectivity index (χ1v) is 9.37. The van der Waals surface area contributed by atoms with Gasteiger partial charge in [-0.3, -0.25) is 19.1 Å². The van der Waals surface area contributed by atoms with Crippen LogP contribution in [0, 0.1) is 0 Å². The number of aromatic amines is 1. The molecule has 3 rings (SSSR count). The Morgan fingerprint density at radius 3 is 2.70 bits per heavy atom. The number of H-pyrrole nitrogens is 1. The number of hydrogen-bond donors (Lipinski definition) is 2. The number of nitrogens with zero attached hydrogens (tertiary/aromatic N) is 2. The third-order valence-electron chi connectivity index (χ3n) is 4.62. The van der Waals surface area contributed by atoms with Gasteiger partial charge in [-0.15, -0.1) is 0 Å². The van der Waals surface area contributed by atoms with E-state index in [-0.39, 0.29) is 11.5 Å². The van der Waals surface area contributed by atoms with Crippen LogP contribution in [-0.2, 0) is 11.3 Å². The fraction of sp³-hybridized carbons (Fsp3) is 0.300. The summed E-state index contributed by atoms with van der Waals surface area (Å²) >= 11 is 0. The summed E-state index contributed by atoms with van der Waals surface area (Å²) < 4.78 is 11.8. The van der Waals surface area contributed by atoms with E-state index in [1.165, 1.54) is 23.7 Å². The molecule has 0 unspecified atom stereocenters. The fourth-order valence-electron chi connectivity index (χ4n) is 2.94. The fourth-order valence-corrected chi connectivity index (χ4v) is 2.94. The van der Waals surface area contributed by atoms with Crippen molar-refractivity contribution in [2.24, 2.45) is 0 Å². The highest BCUT2D eigenvalue weighted by Crippen LogP contribution is 2.20. The number of nitrogens with one attached hydrogen (secondary N) is 1. The molecule has 30 heavy (non-hydrogen) atoms. The highest BCUT2D eigenvalue weighted by atomic mass is 16.5. The summed E-state index contributed by atoms with van der Waals surface area (Å²) in [7, 11) is 1.38. The van der Waals surface area contributed by atoms with Gasteiger partial charge in [-0.2, -0.15) is 0 Å². The first-order valence-electron chi connectivity index (χ1n) is 9.37. The molecule has 0 aliphatic carbocycles. The molecule has 3 aromatic rings. The van der Waals surface area contributed by atoms with E-state index in [2.05, 4.69) is 4.98 Å². The van der Waals surface area contributed by atoms with Crippen LogP contribution in [0.3, 0.4) is 0 Å². The average Bonchev–Trinajstić information content (AvgIpc) is 2.71. The highest BCUT2D eigenvalue weighted by molar-refractivity contribution is 5.96. The topological polar surface area (TPSA) is 141 Å². The molecule has 0 aliphatic heterocycles. The van der Waals surface area contributed by atoms with E-state index in [0.717, 1.165) is 11.3 Å². The van der Waals surface area contributed by atoms with Crippen LogP contribution in [0.25, 0.3) is 11.0 Å². The number of ether oxygens (including phenoxy) is 1. The summed E-state index contributed by atoms with van der Waals surface area (Å²) in [5.74, 6) is -0.323. The van der Waals surface area contributed by atoms with E-state index in [0.29, 0.717) is 29.7 Å². The van der Waals surface area contributed by atoms with Gasteiger partial charge in [0.1, 0.15) is 17.2 Å². The van der Waals surface area contributed by atoms with E-state index < -0.39 is 29.4 Å². The maximum absolute atomic E-state index is 12.6. The standard InChI is InChI=1S/C20H22N4O6/c1-3-4-9-24-18(21)17(19(27)22-20(24)28)23(2)15(25)11-29-13-7-5-12-6-8-16(26)30-14(12)10-13/h5-8,10H,3-4,9,11,21H2,1-2H3,(H,22,27,28). The Labute approximate surface area is 170 Å². The number of nitrogen functional groups attached to an aromatic ring is 1. The van der Waals surface area contributed by atoms with E-state index in [1.54, 1.807) is 18.2 Å². The number of unbranched alkanes of at least 4 members (excludes halogenated alkanes) is 1. The van der Waals surface area contributed by atoms with Crippen molar-refractivity contribution in [2.75, 3.05) is 24.3 Å². The molecule has 10 nitrogen and oxygen atoms in total.